The van der Waals surface area contributed by atoms with Crippen LogP contribution in [0.4, 0.5) is 5.69 Å². The number of nitrogens with one attached hydrogen (secondary N) is 1. The molecule has 4 nitrogen and oxygen atoms in total. The first-order valence-corrected chi connectivity index (χ1v) is 11.1. The molecule has 1 unspecified atom stereocenters. The third-order valence-corrected chi connectivity index (χ3v) is 6.32. The van der Waals surface area contributed by atoms with E-state index in [1.54, 1.807) is 0 Å². The Hall–Kier alpha value is -2.66. The van der Waals surface area contributed by atoms with E-state index in [9.17, 15) is 4.79 Å². The molecule has 0 aromatic heterocycles. The quantitative estimate of drug-likeness (QED) is 0.522. The zero-order chi connectivity index (χ0) is 21.8. The van der Waals surface area contributed by atoms with E-state index in [1.165, 1.54) is 10.5 Å². The maximum atomic E-state index is 14.2. The Morgan fingerprint density at radius 2 is 1.47 bits per heavy atom. The van der Waals surface area contributed by atoms with Crippen LogP contribution in [0.1, 0.15) is 23.1 Å². The summed E-state index contributed by atoms with van der Waals surface area (Å²) in [6, 6.07) is 29.1. The topological polar surface area (TPSA) is 28.0 Å². The molecule has 5 heteroatoms. The Balaban J connectivity index is 0.00000289. The van der Waals surface area contributed by atoms with Gasteiger partial charge < -0.3 is 17.3 Å². The number of hydrazine groups is 1. The second-order valence-electron chi connectivity index (χ2n) is 8.73. The van der Waals surface area contributed by atoms with Crippen molar-refractivity contribution in [2.75, 3.05) is 39.2 Å². The smallest absolute Gasteiger partial charge is 0.256 e. The number of carbonyl (C=O) groups is 1. The molecule has 0 fully saturated rings. The maximum Gasteiger partial charge on any atom is 0.256 e. The van der Waals surface area contributed by atoms with Gasteiger partial charge in [0.05, 0.1) is 26.3 Å². The lowest BCUT2D eigenvalue weighted by Gasteiger charge is -2.33. The standard InChI is InChI=1S/C27H31N3O.ClH/c1-28(2)21-19-27(23-14-8-5-9-15-23)24-16-10-11-17-25(24)30(26(27)31)29(3)20-18-22-12-6-4-7-13-22;/h4-17H,18-21H2,1-3H3;1H. The first kappa shape index (κ1) is 24.0. The zero-order valence-corrected chi connectivity index (χ0v) is 19.8. The molecule has 1 heterocycles. The fourth-order valence-electron chi connectivity index (χ4n) is 4.62. The van der Waals surface area contributed by atoms with Crippen molar-refractivity contribution in [1.82, 2.24) is 5.01 Å². The molecule has 0 bridgehead atoms. The number of hydrogen-bond acceptors (Lipinski definition) is 2. The molecule has 32 heavy (non-hydrogen) atoms. The van der Waals surface area contributed by atoms with E-state index < -0.39 is 5.41 Å². The van der Waals surface area contributed by atoms with Crippen LogP contribution >= 0.6 is 0 Å². The van der Waals surface area contributed by atoms with Crippen LogP contribution in [-0.4, -0.2) is 45.1 Å². The maximum absolute atomic E-state index is 14.2. The van der Waals surface area contributed by atoms with E-state index in [4.69, 9.17) is 0 Å². The first-order chi connectivity index (χ1) is 15.0. The van der Waals surface area contributed by atoms with Crippen LogP contribution in [0, 0.1) is 0 Å². The number of hydrogen-bond donors (Lipinski definition) is 1. The highest BCUT2D eigenvalue weighted by atomic mass is 35.5. The predicted octanol–water partition coefficient (Wildman–Crippen LogP) is -0.0526. The number of para-hydroxylation sites is 1. The number of anilines is 1. The number of carbonyl (C=O) groups excluding carboxylic acids is 1. The minimum atomic E-state index is -0.657. The van der Waals surface area contributed by atoms with Crippen LogP contribution in [0.5, 0.6) is 0 Å². The Labute approximate surface area is 197 Å². The number of benzene rings is 3. The summed E-state index contributed by atoms with van der Waals surface area (Å²) < 4.78 is 0. The molecule has 0 saturated heterocycles. The fourth-order valence-corrected chi connectivity index (χ4v) is 4.62. The molecule has 0 spiro atoms. The molecule has 1 atom stereocenters. The molecule has 3 aromatic rings. The van der Waals surface area contributed by atoms with E-state index in [1.807, 2.05) is 42.4 Å². The SMILES string of the molecule is CN(CCc1ccccc1)N1C(=O)C(CC[NH+](C)C)(c2ccccc2)c2ccccc21.[Cl-]. The lowest BCUT2D eigenvalue weighted by atomic mass is 9.73. The average molecular weight is 450 g/mol. The number of quaternary nitrogens is 1. The van der Waals surface area contributed by atoms with Crippen molar-refractivity contribution in [2.45, 2.75) is 18.3 Å². The van der Waals surface area contributed by atoms with Gasteiger partial charge in [0.2, 0.25) is 0 Å². The van der Waals surface area contributed by atoms with Gasteiger partial charge in [-0.05, 0) is 29.2 Å². The van der Waals surface area contributed by atoms with Gasteiger partial charge in [-0.2, -0.15) is 0 Å². The number of rotatable bonds is 8. The summed E-state index contributed by atoms with van der Waals surface area (Å²) in [6.45, 7) is 1.68. The van der Waals surface area contributed by atoms with Crippen LogP contribution in [0.2, 0.25) is 0 Å². The monoisotopic (exact) mass is 449 g/mol. The number of halogens is 1. The molecule has 3 aromatic carbocycles. The van der Waals surface area contributed by atoms with Crippen molar-refractivity contribution in [2.24, 2.45) is 0 Å². The Morgan fingerprint density at radius 1 is 0.875 bits per heavy atom. The molecule has 1 amide bonds. The van der Waals surface area contributed by atoms with Crippen LogP contribution in [-0.2, 0) is 16.6 Å². The second-order valence-corrected chi connectivity index (χ2v) is 8.73. The van der Waals surface area contributed by atoms with Gasteiger partial charge in [0, 0.05) is 20.0 Å². The van der Waals surface area contributed by atoms with Gasteiger partial charge in [-0.25, -0.2) is 10.0 Å². The van der Waals surface area contributed by atoms with E-state index in [2.05, 4.69) is 73.7 Å². The number of fused-ring (bicyclic) bond motifs is 1. The van der Waals surface area contributed by atoms with Crippen molar-refractivity contribution in [3.8, 4) is 0 Å². The summed E-state index contributed by atoms with van der Waals surface area (Å²) in [7, 11) is 6.32. The van der Waals surface area contributed by atoms with E-state index in [0.717, 1.165) is 42.7 Å². The molecule has 1 aliphatic rings. The van der Waals surface area contributed by atoms with Gasteiger partial charge in [-0.1, -0.05) is 78.9 Å². The Morgan fingerprint density at radius 3 is 2.12 bits per heavy atom. The van der Waals surface area contributed by atoms with Gasteiger partial charge >= 0.3 is 0 Å². The van der Waals surface area contributed by atoms with E-state index >= 15 is 0 Å². The molecule has 0 radical (unpaired) electrons. The van der Waals surface area contributed by atoms with Gasteiger partial charge in [0.1, 0.15) is 5.41 Å². The molecule has 4 rings (SSSR count). The highest BCUT2D eigenvalue weighted by Gasteiger charge is 2.53. The zero-order valence-electron chi connectivity index (χ0n) is 19.1. The lowest BCUT2D eigenvalue weighted by Crippen LogP contribution is -3.05. The van der Waals surface area contributed by atoms with Crippen LogP contribution < -0.4 is 22.3 Å². The summed E-state index contributed by atoms with van der Waals surface area (Å²) >= 11 is 0. The Kier molecular flexibility index (Phi) is 7.73. The normalized spacial score (nSPS) is 17.5. The van der Waals surface area contributed by atoms with Crippen molar-refractivity contribution in [1.29, 1.82) is 0 Å². The fraction of sp³-hybridized carbons (Fsp3) is 0.296. The largest absolute Gasteiger partial charge is 1.00 e. The minimum absolute atomic E-state index is 0. The number of amides is 1. The minimum Gasteiger partial charge on any atom is -1.00 e. The van der Waals surface area contributed by atoms with Gasteiger partial charge in [0.15, 0.2) is 0 Å². The van der Waals surface area contributed by atoms with Crippen molar-refractivity contribution >= 4 is 11.6 Å². The molecular weight excluding hydrogens is 418 g/mol. The average Bonchev–Trinajstić information content (AvgIpc) is 3.06. The summed E-state index contributed by atoms with van der Waals surface area (Å²) in [5, 5.41) is 4.00. The van der Waals surface area contributed by atoms with E-state index in [-0.39, 0.29) is 18.3 Å². The molecule has 0 aliphatic carbocycles. The van der Waals surface area contributed by atoms with Crippen LogP contribution in [0.3, 0.4) is 0 Å². The van der Waals surface area contributed by atoms with Gasteiger partial charge in [-0.15, -0.1) is 0 Å². The van der Waals surface area contributed by atoms with Gasteiger partial charge in [-0.3, -0.25) is 4.79 Å². The highest BCUT2D eigenvalue weighted by Crippen LogP contribution is 2.48. The van der Waals surface area contributed by atoms with E-state index in [0.29, 0.717) is 0 Å². The first-order valence-electron chi connectivity index (χ1n) is 11.1. The van der Waals surface area contributed by atoms with Crippen molar-refractivity contribution in [3.05, 3.63) is 102 Å². The molecule has 1 N–H and O–H groups in total. The Bertz CT molecular complexity index is 1030. The summed E-state index contributed by atoms with van der Waals surface area (Å²) in [5.74, 6) is 0.150. The molecular formula is C27H32ClN3O. The third kappa shape index (κ3) is 4.44. The summed E-state index contributed by atoms with van der Waals surface area (Å²) in [6.07, 6.45) is 1.67. The number of nitrogens with zero attached hydrogens (tertiary/aromatic N) is 2. The molecule has 0 saturated carbocycles. The molecule has 168 valence electrons. The van der Waals surface area contributed by atoms with Crippen molar-refractivity contribution < 1.29 is 22.1 Å². The van der Waals surface area contributed by atoms with Crippen LogP contribution in [0.25, 0.3) is 0 Å². The van der Waals surface area contributed by atoms with Crippen LogP contribution in [0.15, 0.2) is 84.9 Å². The highest BCUT2D eigenvalue weighted by molar-refractivity contribution is 6.09. The third-order valence-electron chi connectivity index (χ3n) is 6.32. The predicted molar refractivity (Wildman–Crippen MR) is 126 cm³/mol. The number of likely N-dealkylation sites (N-methyl/N-ethyl adjacent to an activating group) is 1. The van der Waals surface area contributed by atoms with Gasteiger partial charge in [0.25, 0.3) is 5.91 Å². The van der Waals surface area contributed by atoms with Crippen molar-refractivity contribution in [3.63, 3.8) is 0 Å². The summed E-state index contributed by atoms with van der Waals surface area (Å²) in [5.41, 5.74) is 3.81. The molecule has 1 aliphatic heterocycles. The summed E-state index contributed by atoms with van der Waals surface area (Å²) in [4.78, 5) is 15.6. The second kappa shape index (κ2) is 10.3. The lowest BCUT2D eigenvalue weighted by molar-refractivity contribution is -0.858.